The monoisotopic (exact) mass is 222 g/mol. The van der Waals surface area contributed by atoms with Gasteiger partial charge in [0, 0.05) is 25.0 Å². The molecule has 1 amide bonds. The van der Waals surface area contributed by atoms with E-state index >= 15 is 0 Å². The molecule has 16 heavy (non-hydrogen) atoms. The van der Waals surface area contributed by atoms with Gasteiger partial charge in [-0.25, -0.2) is 0 Å². The highest BCUT2D eigenvalue weighted by atomic mass is 16.2. The molecule has 3 rings (SSSR count). The zero-order valence-electron chi connectivity index (χ0n) is 10.1. The lowest BCUT2D eigenvalue weighted by atomic mass is 9.94. The van der Waals surface area contributed by atoms with E-state index in [1.54, 1.807) is 0 Å². The van der Waals surface area contributed by atoms with Gasteiger partial charge in [0.1, 0.15) is 0 Å². The van der Waals surface area contributed by atoms with Crippen molar-refractivity contribution in [2.75, 3.05) is 13.1 Å². The molecule has 3 aliphatic rings. The molecule has 0 aromatic carbocycles. The molecule has 3 nitrogen and oxygen atoms in total. The molecule has 3 heteroatoms. The first-order chi connectivity index (χ1) is 7.68. The minimum absolute atomic E-state index is 0.191. The topological polar surface area (TPSA) is 46.3 Å². The molecular weight excluding hydrogens is 200 g/mol. The summed E-state index contributed by atoms with van der Waals surface area (Å²) >= 11 is 0. The summed E-state index contributed by atoms with van der Waals surface area (Å²) in [5, 5.41) is 0. The second-order valence-corrected chi connectivity index (χ2v) is 6.00. The molecule has 90 valence electrons. The maximum Gasteiger partial charge on any atom is 0.226 e. The predicted octanol–water partition coefficient (Wildman–Crippen LogP) is 1.23. The van der Waals surface area contributed by atoms with Crippen molar-refractivity contribution in [2.45, 2.75) is 38.6 Å². The SMILES string of the molecule is CC1CCN(C(=O)C2C3CCCC32)CC1N. The Morgan fingerprint density at radius 2 is 1.94 bits per heavy atom. The van der Waals surface area contributed by atoms with Crippen molar-refractivity contribution >= 4 is 5.91 Å². The first-order valence-corrected chi connectivity index (χ1v) is 6.73. The van der Waals surface area contributed by atoms with Crippen LogP contribution in [0.15, 0.2) is 0 Å². The average molecular weight is 222 g/mol. The number of likely N-dealkylation sites (tertiary alicyclic amines) is 1. The Bertz CT molecular complexity index is 294. The number of piperidine rings is 1. The minimum Gasteiger partial charge on any atom is -0.341 e. The maximum absolute atomic E-state index is 12.3. The fourth-order valence-electron chi connectivity index (χ4n) is 3.70. The van der Waals surface area contributed by atoms with Gasteiger partial charge in [-0.2, -0.15) is 0 Å². The summed E-state index contributed by atoms with van der Waals surface area (Å²) in [5.41, 5.74) is 6.05. The van der Waals surface area contributed by atoms with E-state index in [1.165, 1.54) is 19.3 Å². The van der Waals surface area contributed by atoms with Gasteiger partial charge in [0.15, 0.2) is 0 Å². The average Bonchev–Trinajstić information content (AvgIpc) is 2.74. The number of fused-ring (bicyclic) bond motifs is 1. The summed E-state index contributed by atoms with van der Waals surface area (Å²) in [5.74, 6) is 2.85. The third-order valence-electron chi connectivity index (χ3n) is 5.02. The lowest BCUT2D eigenvalue weighted by Crippen LogP contribution is -2.50. The van der Waals surface area contributed by atoms with Crippen LogP contribution >= 0.6 is 0 Å². The third-order valence-corrected chi connectivity index (χ3v) is 5.02. The normalized spacial score (nSPS) is 46.6. The largest absolute Gasteiger partial charge is 0.341 e. The summed E-state index contributed by atoms with van der Waals surface area (Å²) < 4.78 is 0. The molecule has 4 atom stereocenters. The number of carbonyl (C=O) groups excluding carboxylic acids is 1. The van der Waals surface area contributed by atoms with Crippen LogP contribution in [0.3, 0.4) is 0 Å². The molecule has 0 aromatic rings. The Kier molecular flexibility index (Phi) is 2.46. The van der Waals surface area contributed by atoms with Crippen LogP contribution in [0.2, 0.25) is 0 Å². The number of nitrogens with two attached hydrogens (primary N) is 1. The van der Waals surface area contributed by atoms with Crippen molar-refractivity contribution in [1.82, 2.24) is 4.90 Å². The molecule has 0 aromatic heterocycles. The van der Waals surface area contributed by atoms with Crippen molar-refractivity contribution in [3.8, 4) is 0 Å². The molecule has 0 bridgehead atoms. The van der Waals surface area contributed by atoms with Crippen LogP contribution in [0.1, 0.15) is 32.6 Å². The fourth-order valence-corrected chi connectivity index (χ4v) is 3.70. The number of nitrogens with zero attached hydrogens (tertiary/aromatic N) is 1. The van der Waals surface area contributed by atoms with Gasteiger partial charge in [0.2, 0.25) is 5.91 Å². The highest BCUT2D eigenvalue weighted by Gasteiger charge is 2.57. The fraction of sp³-hybridized carbons (Fsp3) is 0.923. The standard InChI is InChI=1S/C13H22N2O/c1-8-5-6-15(7-11(8)14)13(16)12-9-3-2-4-10(9)12/h8-12H,2-7,14H2,1H3. The summed E-state index contributed by atoms with van der Waals surface area (Å²) in [6.45, 7) is 3.91. The third kappa shape index (κ3) is 1.56. The minimum atomic E-state index is 0.191. The van der Waals surface area contributed by atoms with Crippen LogP contribution in [-0.2, 0) is 4.79 Å². The molecule has 2 saturated carbocycles. The smallest absolute Gasteiger partial charge is 0.226 e. The summed E-state index contributed by atoms with van der Waals surface area (Å²) in [6, 6.07) is 0.191. The van der Waals surface area contributed by atoms with Crippen LogP contribution < -0.4 is 5.73 Å². The number of amides is 1. The maximum atomic E-state index is 12.3. The zero-order valence-corrected chi connectivity index (χ0v) is 10.1. The second-order valence-electron chi connectivity index (χ2n) is 6.00. The first-order valence-electron chi connectivity index (χ1n) is 6.73. The molecule has 2 aliphatic carbocycles. The summed E-state index contributed by atoms with van der Waals surface area (Å²) in [7, 11) is 0. The molecule has 1 saturated heterocycles. The van der Waals surface area contributed by atoms with E-state index in [1.807, 2.05) is 4.90 Å². The van der Waals surface area contributed by atoms with E-state index in [0.29, 0.717) is 17.7 Å². The summed E-state index contributed by atoms with van der Waals surface area (Å²) in [4.78, 5) is 14.3. The summed E-state index contributed by atoms with van der Waals surface area (Å²) in [6.07, 6.45) is 5.00. The van der Waals surface area contributed by atoms with Gasteiger partial charge >= 0.3 is 0 Å². The molecule has 3 fully saturated rings. The number of hydrogen-bond acceptors (Lipinski definition) is 2. The van der Waals surface area contributed by atoms with E-state index in [9.17, 15) is 4.79 Å². The van der Waals surface area contributed by atoms with E-state index in [4.69, 9.17) is 5.73 Å². The quantitative estimate of drug-likeness (QED) is 0.725. The first kappa shape index (κ1) is 10.6. The number of rotatable bonds is 1. The molecule has 4 unspecified atom stereocenters. The van der Waals surface area contributed by atoms with E-state index < -0.39 is 0 Å². The highest BCUT2D eigenvalue weighted by molar-refractivity contribution is 5.82. The highest BCUT2D eigenvalue weighted by Crippen LogP contribution is 2.58. The van der Waals surface area contributed by atoms with Gasteiger partial charge in [-0.3, -0.25) is 4.79 Å². The van der Waals surface area contributed by atoms with Crippen molar-refractivity contribution < 1.29 is 4.79 Å². The van der Waals surface area contributed by atoms with Crippen molar-refractivity contribution in [3.05, 3.63) is 0 Å². The molecule has 0 radical (unpaired) electrons. The van der Waals surface area contributed by atoms with Crippen LogP contribution in [-0.4, -0.2) is 29.9 Å². The predicted molar refractivity (Wildman–Crippen MR) is 62.7 cm³/mol. The van der Waals surface area contributed by atoms with Crippen LogP contribution in [0.4, 0.5) is 0 Å². The van der Waals surface area contributed by atoms with Crippen LogP contribution in [0, 0.1) is 23.7 Å². The van der Waals surface area contributed by atoms with Crippen molar-refractivity contribution in [3.63, 3.8) is 0 Å². The van der Waals surface area contributed by atoms with E-state index in [2.05, 4.69) is 6.92 Å². The Morgan fingerprint density at radius 3 is 2.56 bits per heavy atom. The van der Waals surface area contributed by atoms with E-state index in [0.717, 1.165) is 31.3 Å². The van der Waals surface area contributed by atoms with Crippen LogP contribution in [0.25, 0.3) is 0 Å². The molecule has 1 aliphatic heterocycles. The van der Waals surface area contributed by atoms with Crippen LogP contribution in [0.5, 0.6) is 0 Å². The van der Waals surface area contributed by atoms with Crippen molar-refractivity contribution in [1.29, 1.82) is 0 Å². The Labute approximate surface area is 97.4 Å². The van der Waals surface area contributed by atoms with E-state index in [-0.39, 0.29) is 6.04 Å². The lowest BCUT2D eigenvalue weighted by molar-refractivity contribution is -0.135. The molecular formula is C13H22N2O. The van der Waals surface area contributed by atoms with Gasteiger partial charge in [-0.1, -0.05) is 13.3 Å². The number of hydrogen-bond donors (Lipinski definition) is 1. The zero-order chi connectivity index (χ0) is 11.3. The van der Waals surface area contributed by atoms with Gasteiger partial charge in [0.05, 0.1) is 0 Å². The van der Waals surface area contributed by atoms with Gasteiger partial charge < -0.3 is 10.6 Å². The Morgan fingerprint density at radius 1 is 1.25 bits per heavy atom. The molecule has 0 spiro atoms. The Hall–Kier alpha value is -0.570. The molecule has 2 N–H and O–H groups in total. The number of carbonyl (C=O) groups is 1. The Balaban J connectivity index is 1.60. The van der Waals surface area contributed by atoms with Gasteiger partial charge in [-0.05, 0) is 37.0 Å². The lowest BCUT2D eigenvalue weighted by Gasteiger charge is -2.35. The second kappa shape index (κ2) is 3.73. The van der Waals surface area contributed by atoms with Gasteiger partial charge in [-0.15, -0.1) is 0 Å². The molecule has 1 heterocycles. The van der Waals surface area contributed by atoms with Crippen molar-refractivity contribution in [2.24, 2.45) is 29.4 Å². The van der Waals surface area contributed by atoms with Gasteiger partial charge in [0.25, 0.3) is 0 Å².